The lowest BCUT2D eigenvalue weighted by Crippen LogP contribution is -2.36. The fraction of sp³-hybridized carbons (Fsp3) is 0.391. The molecule has 0 aliphatic carbocycles. The molecule has 0 radical (unpaired) electrons. The Morgan fingerprint density at radius 1 is 1.13 bits per heavy atom. The SMILES string of the molecule is CCCCn1c(SCc2ccc(Cl)cc2)nc2ccc(N3CCOCC3)cc2c1=O. The number of thioether (sulfide) groups is 1. The van der Waals surface area contributed by atoms with Gasteiger partial charge >= 0.3 is 0 Å². The van der Waals surface area contributed by atoms with Crippen LogP contribution in [0.1, 0.15) is 25.3 Å². The molecular formula is C23H26ClN3O2S. The van der Waals surface area contributed by atoms with Crippen LogP contribution in [0.4, 0.5) is 5.69 Å². The van der Waals surface area contributed by atoms with Gasteiger partial charge in [0.2, 0.25) is 0 Å². The predicted molar refractivity (Wildman–Crippen MR) is 125 cm³/mol. The predicted octanol–water partition coefficient (Wildman–Crippen LogP) is 4.98. The van der Waals surface area contributed by atoms with Crippen LogP contribution < -0.4 is 10.5 Å². The van der Waals surface area contributed by atoms with Crippen LogP contribution in [-0.4, -0.2) is 35.9 Å². The first-order chi connectivity index (χ1) is 14.7. The quantitative estimate of drug-likeness (QED) is 0.380. The van der Waals surface area contributed by atoms with Gasteiger partial charge in [0.25, 0.3) is 5.56 Å². The van der Waals surface area contributed by atoms with E-state index in [0.717, 1.165) is 71.8 Å². The zero-order chi connectivity index (χ0) is 20.9. The molecule has 30 heavy (non-hydrogen) atoms. The monoisotopic (exact) mass is 443 g/mol. The molecule has 0 atom stereocenters. The van der Waals surface area contributed by atoms with Crippen molar-refractivity contribution in [1.29, 1.82) is 0 Å². The van der Waals surface area contributed by atoms with Gasteiger partial charge in [-0.1, -0.05) is 48.8 Å². The molecule has 2 aromatic carbocycles. The number of anilines is 1. The molecule has 7 heteroatoms. The Kier molecular flexibility index (Phi) is 6.97. The Bertz CT molecular complexity index is 1060. The Labute approximate surface area is 186 Å². The molecule has 1 fully saturated rings. The lowest BCUT2D eigenvalue weighted by Gasteiger charge is -2.29. The van der Waals surface area contributed by atoms with E-state index in [9.17, 15) is 4.79 Å². The van der Waals surface area contributed by atoms with Crippen LogP contribution in [0.15, 0.2) is 52.4 Å². The van der Waals surface area contributed by atoms with Crippen LogP contribution in [0.5, 0.6) is 0 Å². The maximum Gasteiger partial charge on any atom is 0.262 e. The summed E-state index contributed by atoms with van der Waals surface area (Å²) in [4.78, 5) is 20.5. The van der Waals surface area contributed by atoms with Crippen molar-refractivity contribution in [2.45, 2.75) is 37.2 Å². The van der Waals surface area contributed by atoms with Crippen molar-refractivity contribution in [2.24, 2.45) is 0 Å². The van der Waals surface area contributed by atoms with Gasteiger partial charge in [0.15, 0.2) is 5.16 Å². The van der Waals surface area contributed by atoms with Crippen LogP contribution in [0, 0.1) is 0 Å². The minimum absolute atomic E-state index is 0.0437. The van der Waals surface area contributed by atoms with Crippen molar-refractivity contribution in [3.8, 4) is 0 Å². The molecular weight excluding hydrogens is 418 g/mol. The summed E-state index contributed by atoms with van der Waals surface area (Å²) < 4.78 is 7.29. The molecule has 2 heterocycles. The first-order valence-electron chi connectivity index (χ1n) is 10.4. The van der Waals surface area contributed by atoms with Crippen LogP contribution in [0.3, 0.4) is 0 Å². The van der Waals surface area contributed by atoms with E-state index in [4.69, 9.17) is 21.3 Å². The fourth-order valence-corrected chi connectivity index (χ4v) is 4.67. The Morgan fingerprint density at radius 3 is 2.63 bits per heavy atom. The Balaban J connectivity index is 1.67. The molecule has 0 spiro atoms. The molecule has 3 aromatic rings. The van der Waals surface area contributed by atoms with Crippen molar-refractivity contribution in [3.05, 3.63) is 63.4 Å². The summed E-state index contributed by atoms with van der Waals surface area (Å²) in [5.74, 6) is 0.743. The van der Waals surface area contributed by atoms with Crippen molar-refractivity contribution >= 4 is 40.0 Å². The van der Waals surface area contributed by atoms with Crippen LogP contribution in [0.25, 0.3) is 10.9 Å². The van der Waals surface area contributed by atoms with E-state index in [0.29, 0.717) is 11.9 Å². The summed E-state index contributed by atoms with van der Waals surface area (Å²) in [6.45, 7) is 5.95. The first kappa shape index (κ1) is 21.2. The van der Waals surface area contributed by atoms with E-state index in [2.05, 4.69) is 17.9 Å². The number of rotatable bonds is 7. The minimum Gasteiger partial charge on any atom is -0.378 e. The van der Waals surface area contributed by atoms with E-state index in [1.807, 2.05) is 41.0 Å². The summed E-state index contributed by atoms with van der Waals surface area (Å²) in [6, 6.07) is 13.8. The standard InChI is InChI=1S/C23H26ClN3O2S/c1-2-3-10-27-22(28)20-15-19(26-11-13-29-14-12-26)8-9-21(20)25-23(27)30-16-17-4-6-18(24)7-5-17/h4-9,15H,2-3,10-14,16H2,1H3. The van der Waals surface area contributed by atoms with Gasteiger partial charge in [0.1, 0.15) is 0 Å². The van der Waals surface area contributed by atoms with Crippen molar-refractivity contribution in [1.82, 2.24) is 9.55 Å². The van der Waals surface area contributed by atoms with Gasteiger partial charge in [-0.3, -0.25) is 9.36 Å². The normalized spacial score (nSPS) is 14.4. The van der Waals surface area contributed by atoms with Gasteiger partial charge in [-0.05, 0) is 42.3 Å². The molecule has 1 aliphatic rings. The van der Waals surface area contributed by atoms with Gasteiger partial charge in [0.05, 0.1) is 24.1 Å². The molecule has 1 aromatic heterocycles. The highest BCUT2D eigenvalue weighted by atomic mass is 35.5. The lowest BCUT2D eigenvalue weighted by molar-refractivity contribution is 0.122. The number of benzene rings is 2. The van der Waals surface area contributed by atoms with E-state index in [1.165, 1.54) is 0 Å². The highest BCUT2D eigenvalue weighted by Gasteiger charge is 2.16. The number of nitrogens with zero attached hydrogens (tertiary/aromatic N) is 3. The Morgan fingerprint density at radius 2 is 1.90 bits per heavy atom. The molecule has 0 N–H and O–H groups in total. The number of hydrogen-bond acceptors (Lipinski definition) is 5. The second-order valence-corrected chi connectivity index (χ2v) is 8.80. The van der Waals surface area contributed by atoms with Crippen LogP contribution in [0.2, 0.25) is 5.02 Å². The van der Waals surface area contributed by atoms with Crippen LogP contribution in [-0.2, 0) is 17.0 Å². The van der Waals surface area contributed by atoms with Gasteiger partial charge < -0.3 is 9.64 Å². The van der Waals surface area contributed by atoms with E-state index in [1.54, 1.807) is 11.8 Å². The number of ether oxygens (including phenoxy) is 1. The Hall–Kier alpha value is -2.02. The third kappa shape index (κ3) is 4.82. The molecule has 1 saturated heterocycles. The molecule has 5 nitrogen and oxygen atoms in total. The average molecular weight is 444 g/mol. The third-order valence-electron chi connectivity index (χ3n) is 5.30. The maximum absolute atomic E-state index is 13.4. The fourth-order valence-electron chi connectivity index (χ4n) is 3.56. The average Bonchev–Trinajstić information content (AvgIpc) is 2.79. The zero-order valence-corrected chi connectivity index (χ0v) is 18.7. The first-order valence-corrected chi connectivity index (χ1v) is 11.8. The number of halogens is 1. The van der Waals surface area contributed by atoms with E-state index < -0.39 is 0 Å². The van der Waals surface area contributed by atoms with Crippen molar-refractivity contribution in [2.75, 3.05) is 31.2 Å². The van der Waals surface area contributed by atoms with Gasteiger partial charge in [-0.2, -0.15) is 0 Å². The lowest BCUT2D eigenvalue weighted by atomic mass is 10.2. The molecule has 0 unspecified atom stereocenters. The summed E-state index contributed by atoms with van der Waals surface area (Å²) in [5.41, 5.74) is 3.02. The molecule has 0 amide bonds. The number of fused-ring (bicyclic) bond motifs is 1. The molecule has 4 rings (SSSR count). The summed E-state index contributed by atoms with van der Waals surface area (Å²) in [7, 11) is 0. The summed E-state index contributed by atoms with van der Waals surface area (Å²) in [6.07, 6.45) is 1.98. The van der Waals surface area contributed by atoms with Crippen molar-refractivity contribution < 1.29 is 4.74 Å². The third-order valence-corrected chi connectivity index (χ3v) is 6.59. The number of unbranched alkanes of at least 4 members (excludes halogenated alkanes) is 1. The minimum atomic E-state index is 0.0437. The highest BCUT2D eigenvalue weighted by molar-refractivity contribution is 7.98. The number of aromatic nitrogens is 2. The highest BCUT2D eigenvalue weighted by Crippen LogP contribution is 2.25. The maximum atomic E-state index is 13.4. The molecule has 0 bridgehead atoms. The van der Waals surface area contributed by atoms with Crippen LogP contribution >= 0.6 is 23.4 Å². The van der Waals surface area contributed by atoms with E-state index in [-0.39, 0.29) is 5.56 Å². The summed E-state index contributed by atoms with van der Waals surface area (Å²) in [5, 5.41) is 2.18. The molecule has 0 saturated carbocycles. The van der Waals surface area contributed by atoms with Gasteiger partial charge in [-0.25, -0.2) is 4.98 Å². The topological polar surface area (TPSA) is 47.4 Å². The second-order valence-electron chi connectivity index (χ2n) is 7.42. The molecule has 158 valence electrons. The van der Waals surface area contributed by atoms with Gasteiger partial charge in [0, 0.05) is 36.1 Å². The zero-order valence-electron chi connectivity index (χ0n) is 17.1. The summed E-state index contributed by atoms with van der Waals surface area (Å²) >= 11 is 7.59. The van der Waals surface area contributed by atoms with Gasteiger partial charge in [-0.15, -0.1) is 0 Å². The molecule has 1 aliphatic heterocycles. The van der Waals surface area contributed by atoms with Crippen molar-refractivity contribution in [3.63, 3.8) is 0 Å². The largest absolute Gasteiger partial charge is 0.378 e. The second kappa shape index (κ2) is 9.86. The number of morpholine rings is 1. The van der Waals surface area contributed by atoms with E-state index >= 15 is 0 Å². The smallest absolute Gasteiger partial charge is 0.262 e. The number of hydrogen-bond donors (Lipinski definition) is 0.